The van der Waals surface area contributed by atoms with E-state index in [1.165, 1.54) is 6.20 Å². The van der Waals surface area contributed by atoms with Crippen molar-refractivity contribution in [3.63, 3.8) is 0 Å². The molecular formula is C13H13FN2. The van der Waals surface area contributed by atoms with E-state index in [1.54, 1.807) is 12.3 Å². The van der Waals surface area contributed by atoms with Gasteiger partial charge in [-0.2, -0.15) is 0 Å². The standard InChI is InChI=1S/C13H13FN2/c1-9-2-4-10(5-3-9)13(15)11-6-7-16-8-12(11)14/h2-8,13H,15H2,1H3. The molecule has 16 heavy (non-hydrogen) atoms. The average molecular weight is 216 g/mol. The molecule has 0 radical (unpaired) electrons. The third-order valence-corrected chi connectivity index (χ3v) is 2.58. The fourth-order valence-corrected chi connectivity index (χ4v) is 1.59. The molecule has 82 valence electrons. The van der Waals surface area contributed by atoms with Crippen LogP contribution in [0.3, 0.4) is 0 Å². The molecule has 0 aliphatic carbocycles. The van der Waals surface area contributed by atoms with Crippen LogP contribution in [0.5, 0.6) is 0 Å². The Morgan fingerprint density at radius 3 is 2.50 bits per heavy atom. The van der Waals surface area contributed by atoms with Gasteiger partial charge in [-0.1, -0.05) is 29.8 Å². The largest absolute Gasteiger partial charge is 0.320 e. The van der Waals surface area contributed by atoms with E-state index >= 15 is 0 Å². The highest BCUT2D eigenvalue weighted by Crippen LogP contribution is 2.21. The lowest BCUT2D eigenvalue weighted by atomic mass is 9.99. The molecule has 0 saturated carbocycles. The third kappa shape index (κ3) is 2.09. The van der Waals surface area contributed by atoms with Crippen molar-refractivity contribution in [3.8, 4) is 0 Å². The molecule has 2 rings (SSSR count). The fourth-order valence-electron chi connectivity index (χ4n) is 1.59. The molecule has 0 bridgehead atoms. The Kier molecular flexibility index (Phi) is 2.97. The number of hydrogen-bond donors (Lipinski definition) is 1. The lowest BCUT2D eigenvalue weighted by molar-refractivity contribution is 0.593. The molecule has 0 amide bonds. The second-order valence-electron chi connectivity index (χ2n) is 3.79. The van der Waals surface area contributed by atoms with Gasteiger partial charge in [-0.3, -0.25) is 4.98 Å². The Morgan fingerprint density at radius 2 is 1.88 bits per heavy atom. The Bertz CT molecular complexity index is 480. The number of benzene rings is 1. The van der Waals surface area contributed by atoms with Crippen LogP contribution >= 0.6 is 0 Å². The lowest BCUT2D eigenvalue weighted by Gasteiger charge is -2.13. The van der Waals surface area contributed by atoms with Crippen molar-refractivity contribution in [2.45, 2.75) is 13.0 Å². The number of rotatable bonds is 2. The molecule has 1 heterocycles. The smallest absolute Gasteiger partial charge is 0.146 e. The minimum absolute atomic E-state index is 0.365. The minimum atomic E-state index is -0.441. The first-order valence-electron chi connectivity index (χ1n) is 5.10. The molecule has 2 aromatic rings. The van der Waals surface area contributed by atoms with Crippen LogP contribution in [-0.4, -0.2) is 4.98 Å². The maximum absolute atomic E-state index is 13.5. The molecule has 0 aliphatic rings. The van der Waals surface area contributed by atoms with Gasteiger partial charge in [-0.25, -0.2) is 4.39 Å². The summed E-state index contributed by atoms with van der Waals surface area (Å²) >= 11 is 0. The van der Waals surface area contributed by atoms with Gasteiger partial charge in [0.05, 0.1) is 12.2 Å². The van der Waals surface area contributed by atoms with Crippen LogP contribution < -0.4 is 5.73 Å². The predicted molar refractivity (Wildman–Crippen MR) is 61.4 cm³/mol. The predicted octanol–water partition coefficient (Wildman–Crippen LogP) is 2.58. The first-order valence-corrected chi connectivity index (χ1v) is 5.10. The van der Waals surface area contributed by atoms with Crippen LogP contribution in [0.2, 0.25) is 0 Å². The van der Waals surface area contributed by atoms with Crippen molar-refractivity contribution in [1.29, 1.82) is 0 Å². The highest BCUT2D eigenvalue weighted by Gasteiger charge is 2.12. The lowest BCUT2D eigenvalue weighted by Crippen LogP contribution is -2.13. The van der Waals surface area contributed by atoms with Gasteiger partial charge in [0.15, 0.2) is 0 Å². The van der Waals surface area contributed by atoms with E-state index in [4.69, 9.17) is 5.73 Å². The number of aromatic nitrogens is 1. The fraction of sp³-hybridized carbons (Fsp3) is 0.154. The van der Waals surface area contributed by atoms with Crippen LogP contribution in [0.25, 0.3) is 0 Å². The van der Waals surface area contributed by atoms with Crippen LogP contribution in [-0.2, 0) is 0 Å². The van der Waals surface area contributed by atoms with E-state index < -0.39 is 6.04 Å². The van der Waals surface area contributed by atoms with E-state index in [0.29, 0.717) is 5.56 Å². The zero-order valence-electron chi connectivity index (χ0n) is 9.02. The summed E-state index contributed by atoms with van der Waals surface area (Å²) in [5.41, 5.74) is 8.53. The van der Waals surface area contributed by atoms with E-state index in [0.717, 1.165) is 11.1 Å². The summed E-state index contributed by atoms with van der Waals surface area (Å²) in [7, 11) is 0. The second-order valence-corrected chi connectivity index (χ2v) is 3.79. The third-order valence-electron chi connectivity index (χ3n) is 2.58. The molecule has 1 aromatic carbocycles. The van der Waals surface area contributed by atoms with Crippen molar-refractivity contribution in [1.82, 2.24) is 4.98 Å². The maximum atomic E-state index is 13.5. The number of nitrogens with two attached hydrogens (primary N) is 1. The van der Waals surface area contributed by atoms with E-state index in [2.05, 4.69) is 4.98 Å². The summed E-state index contributed by atoms with van der Waals surface area (Å²) < 4.78 is 13.5. The zero-order valence-corrected chi connectivity index (χ0v) is 9.02. The normalized spacial score (nSPS) is 12.4. The summed E-state index contributed by atoms with van der Waals surface area (Å²) in [6.45, 7) is 2.00. The van der Waals surface area contributed by atoms with Gasteiger partial charge in [0.25, 0.3) is 0 Å². The summed E-state index contributed by atoms with van der Waals surface area (Å²) in [6.07, 6.45) is 2.73. The maximum Gasteiger partial charge on any atom is 0.146 e. The monoisotopic (exact) mass is 216 g/mol. The van der Waals surface area contributed by atoms with E-state index in [-0.39, 0.29) is 5.82 Å². The number of nitrogens with zero attached hydrogens (tertiary/aromatic N) is 1. The molecule has 2 N–H and O–H groups in total. The van der Waals surface area contributed by atoms with Gasteiger partial charge < -0.3 is 5.73 Å². The first-order chi connectivity index (χ1) is 7.68. The Balaban J connectivity index is 2.35. The summed E-state index contributed by atoms with van der Waals surface area (Å²) in [5.74, 6) is -0.365. The van der Waals surface area contributed by atoms with Gasteiger partial charge in [0.2, 0.25) is 0 Å². The van der Waals surface area contributed by atoms with Crippen molar-refractivity contribution in [3.05, 3.63) is 65.2 Å². The van der Waals surface area contributed by atoms with Crippen LogP contribution in [0.1, 0.15) is 22.7 Å². The number of pyridine rings is 1. The molecule has 0 aliphatic heterocycles. The molecule has 1 atom stereocenters. The number of hydrogen-bond acceptors (Lipinski definition) is 2. The molecule has 0 saturated heterocycles. The molecular weight excluding hydrogens is 203 g/mol. The van der Waals surface area contributed by atoms with Crippen molar-refractivity contribution in [2.75, 3.05) is 0 Å². The van der Waals surface area contributed by atoms with Gasteiger partial charge in [0.1, 0.15) is 5.82 Å². The average Bonchev–Trinajstić information content (AvgIpc) is 2.30. The van der Waals surface area contributed by atoms with Gasteiger partial charge in [0, 0.05) is 11.8 Å². The van der Waals surface area contributed by atoms with Gasteiger partial charge in [-0.15, -0.1) is 0 Å². The Morgan fingerprint density at radius 1 is 1.19 bits per heavy atom. The van der Waals surface area contributed by atoms with Crippen molar-refractivity contribution < 1.29 is 4.39 Å². The van der Waals surface area contributed by atoms with Crippen LogP contribution in [0.15, 0.2) is 42.7 Å². The highest BCUT2D eigenvalue weighted by atomic mass is 19.1. The van der Waals surface area contributed by atoms with Crippen molar-refractivity contribution in [2.24, 2.45) is 5.73 Å². The van der Waals surface area contributed by atoms with Gasteiger partial charge in [-0.05, 0) is 18.6 Å². The molecule has 2 nitrogen and oxygen atoms in total. The molecule has 0 spiro atoms. The highest BCUT2D eigenvalue weighted by molar-refractivity contribution is 5.32. The van der Waals surface area contributed by atoms with Gasteiger partial charge >= 0.3 is 0 Å². The molecule has 0 fully saturated rings. The number of halogens is 1. The second kappa shape index (κ2) is 4.41. The topological polar surface area (TPSA) is 38.9 Å². The minimum Gasteiger partial charge on any atom is -0.320 e. The van der Waals surface area contributed by atoms with Crippen LogP contribution in [0, 0.1) is 12.7 Å². The molecule has 1 aromatic heterocycles. The molecule has 3 heteroatoms. The van der Waals surface area contributed by atoms with Crippen molar-refractivity contribution >= 4 is 0 Å². The van der Waals surface area contributed by atoms with E-state index in [9.17, 15) is 4.39 Å². The summed E-state index contributed by atoms with van der Waals surface area (Å²) in [5, 5.41) is 0. The zero-order chi connectivity index (χ0) is 11.5. The van der Waals surface area contributed by atoms with E-state index in [1.807, 2.05) is 31.2 Å². The first kappa shape index (κ1) is 10.8. The SMILES string of the molecule is Cc1ccc(C(N)c2ccncc2F)cc1. The quantitative estimate of drug-likeness (QED) is 0.838. The Hall–Kier alpha value is -1.74. The summed E-state index contributed by atoms with van der Waals surface area (Å²) in [6, 6.07) is 8.94. The molecule has 1 unspecified atom stereocenters. The van der Waals surface area contributed by atoms with Crippen LogP contribution in [0.4, 0.5) is 4.39 Å². The number of aryl methyl sites for hydroxylation is 1. The summed E-state index contributed by atoms with van der Waals surface area (Å²) in [4.78, 5) is 3.70. The Labute approximate surface area is 93.9 Å².